The molecule has 1 amide bonds. The zero-order valence-corrected chi connectivity index (χ0v) is 21.7. The quantitative estimate of drug-likeness (QED) is 0.444. The zero-order valence-electron chi connectivity index (χ0n) is 20.1. The number of hydrogen-bond donors (Lipinski definition) is 1. The number of rotatable bonds is 8. The minimum absolute atomic E-state index is 0.0326. The molecule has 3 aromatic rings. The molecule has 0 bridgehead atoms. The van der Waals surface area contributed by atoms with Gasteiger partial charge in [0.15, 0.2) is 5.76 Å². The largest absolute Gasteiger partial charge is 0.414 e. The molecule has 35 heavy (non-hydrogen) atoms. The van der Waals surface area contributed by atoms with Crippen LogP contribution in [0.4, 0.5) is 4.79 Å². The third kappa shape index (κ3) is 6.04. The summed E-state index contributed by atoms with van der Waals surface area (Å²) in [7, 11) is 0. The van der Waals surface area contributed by atoms with Gasteiger partial charge in [-0.15, -0.1) is 11.3 Å². The lowest BCUT2D eigenvalue weighted by Gasteiger charge is -2.34. The van der Waals surface area contributed by atoms with Gasteiger partial charge >= 0.3 is 6.09 Å². The first-order chi connectivity index (χ1) is 16.9. The number of aryl methyl sites for hydroxylation is 1. The number of piperidine rings is 1. The Balaban J connectivity index is 1.50. The van der Waals surface area contributed by atoms with Crippen molar-refractivity contribution in [1.29, 1.82) is 5.26 Å². The molecule has 0 radical (unpaired) electrons. The number of nitrogens with zero attached hydrogens (tertiary/aromatic N) is 5. The van der Waals surface area contributed by atoms with Crippen LogP contribution >= 0.6 is 22.9 Å². The minimum Gasteiger partial charge on any atom is -0.390 e. The van der Waals surface area contributed by atoms with Crippen LogP contribution in [0, 0.1) is 11.3 Å². The van der Waals surface area contributed by atoms with Crippen LogP contribution in [0.15, 0.2) is 22.7 Å². The summed E-state index contributed by atoms with van der Waals surface area (Å²) in [6.07, 6.45) is 2.53. The highest BCUT2D eigenvalue weighted by Crippen LogP contribution is 2.32. The number of halogens is 1. The summed E-state index contributed by atoms with van der Waals surface area (Å²) in [5.41, 5.74) is 1.45. The highest BCUT2D eigenvalue weighted by atomic mass is 35.5. The molecule has 0 atom stereocenters. The normalized spacial score (nSPS) is 14.9. The first-order valence-corrected chi connectivity index (χ1v) is 13.0. The molecule has 4 heterocycles. The fourth-order valence-electron chi connectivity index (χ4n) is 4.18. The van der Waals surface area contributed by atoms with E-state index in [-0.39, 0.29) is 24.0 Å². The molecule has 1 aliphatic heterocycles. The summed E-state index contributed by atoms with van der Waals surface area (Å²) in [6, 6.07) is 8.14. The summed E-state index contributed by atoms with van der Waals surface area (Å²) >= 11 is 7.42. The molecule has 9 nitrogen and oxygen atoms in total. The van der Waals surface area contributed by atoms with Crippen molar-refractivity contribution in [2.45, 2.75) is 65.1 Å². The van der Waals surface area contributed by atoms with Gasteiger partial charge in [-0.1, -0.05) is 30.1 Å². The Morgan fingerprint density at radius 3 is 2.80 bits per heavy atom. The number of hydrogen-bond acceptors (Lipinski definition) is 8. The number of likely N-dealkylation sites (tertiary alicyclic amines) is 1. The van der Waals surface area contributed by atoms with Gasteiger partial charge in [0.25, 0.3) is 0 Å². The molecule has 1 saturated heterocycles. The summed E-state index contributed by atoms with van der Waals surface area (Å²) in [5, 5.41) is 21.5. The van der Waals surface area contributed by atoms with E-state index in [0.29, 0.717) is 33.9 Å². The topological polar surface area (TPSA) is 109 Å². The molecule has 4 rings (SSSR count). The van der Waals surface area contributed by atoms with E-state index in [1.54, 1.807) is 12.1 Å². The second kappa shape index (κ2) is 11.2. The van der Waals surface area contributed by atoms with Crippen LogP contribution in [-0.2, 0) is 13.0 Å². The summed E-state index contributed by atoms with van der Waals surface area (Å²) in [4.78, 5) is 16.0. The maximum absolute atomic E-state index is 12.8. The van der Waals surface area contributed by atoms with E-state index in [0.717, 1.165) is 37.2 Å². The van der Waals surface area contributed by atoms with Crippen molar-refractivity contribution < 1.29 is 14.1 Å². The summed E-state index contributed by atoms with van der Waals surface area (Å²) in [5.74, 6) is 0.711. The van der Waals surface area contributed by atoms with Crippen molar-refractivity contribution in [3.63, 3.8) is 0 Å². The average molecular weight is 517 g/mol. The molecule has 11 heteroatoms. The van der Waals surface area contributed by atoms with Crippen molar-refractivity contribution in [1.82, 2.24) is 25.2 Å². The number of aromatic nitrogens is 3. The second-order valence-electron chi connectivity index (χ2n) is 8.87. The number of nitriles is 1. The predicted molar refractivity (Wildman–Crippen MR) is 134 cm³/mol. The Morgan fingerprint density at radius 1 is 1.40 bits per heavy atom. The first-order valence-electron chi connectivity index (χ1n) is 11.8. The van der Waals surface area contributed by atoms with E-state index < -0.39 is 6.09 Å². The van der Waals surface area contributed by atoms with Crippen LogP contribution in [0.3, 0.4) is 0 Å². The van der Waals surface area contributed by atoms with Gasteiger partial charge in [0.2, 0.25) is 5.88 Å². The van der Waals surface area contributed by atoms with Gasteiger partial charge in [0.05, 0.1) is 21.5 Å². The molecule has 1 aliphatic rings. The highest BCUT2D eigenvalue weighted by molar-refractivity contribution is 7.19. The van der Waals surface area contributed by atoms with E-state index in [1.807, 2.05) is 13.0 Å². The molecule has 1 N–H and O–H groups in total. The van der Waals surface area contributed by atoms with Crippen LogP contribution in [0.5, 0.6) is 5.88 Å². The third-order valence-corrected chi connectivity index (χ3v) is 7.28. The van der Waals surface area contributed by atoms with E-state index in [2.05, 4.69) is 40.4 Å². The minimum atomic E-state index is -0.581. The van der Waals surface area contributed by atoms with Crippen molar-refractivity contribution in [3.8, 4) is 22.6 Å². The van der Waals surface area contributed by atoms with E-state index in [9.17, 15) is 10.1 Å². The van der Waals surface area contributed by atoms with Crippen LogP contribution in [0.2, 0.25) is 4.34 Å². The lowest BCUT2D eigenvalue weighted by Crippen LogP contribution is -2.47. The zero-order chi connectivity index (χ0) is 24.9. The van der Waals surface area contributed by atoms with Gasteiger partial charge in [-0.3, -0.25) is 0 Å². The van der Waals surface area contributed by atoms with Gasteiger partial charge in [-0.2, -0.15) is 10.4 Å². The highest BCUT2D eigenvalue weighted by Gasteiger charge is 2.26. The molecule has 0 aromatic carbocycles. The number of ether oxygens (including phenoxy) is 1. The molecule has 0 unspecified atom stereocenters. The van der Waals surface area contributed by atoms with Crippen molar-refractivity contribution in [3.05, 3.63) is 39.5 Å². The smallest absolute Gasteiger partial charge is 0.390 e. The Bertz CT molecular complexity index is 1200. The van der Waals surface area contributed by atoms with E-state index in [4.69, 9.17) is 20.9 Å². The monoisotopic (exact) mass is 516 g/mol. The lowest BCUT2D eigenvalue weighted by molar-refractivity contribution is 0.151. The van der Waals surface area contributed by atoms with Crippen LogP contribution in [0.1, 0.15) is 57.0 Å². The Hall–Kier alpha value is -2.87. The molecule has 186 valence electrons. The second-order valence-corrected chi connectivity index (χ2v) is 10.6. The van der Waals surface area contributed by atoms with Gasteiger partial charge in [-0.05, 0) is 45.2 Å². The lowest BCUT2D eigenvalue weighted by atomic mass is 10.0. The Kier molecular flexibility index (Phi) is 8.11. The number of nitrogens with one attached hydrogen (secondary N) is 1. The third-order valence-electron chi connectivity index (χ3n) is 6.03. The van der Waals surface area contributed by atoms with Gasteiger partial charge in [0, 0.05) is 31.2 Å². The molecular weight excluding hydrogens is 488 g/mol. The number of carbonyl (C=O) groups excluding carboxylic acids is 1. The average Bonchev–Trinajstić information content (AvgIpc) is 3.54. The Labute approximate surface area is 213 Å². The van der Waals surface area contributed by atoms with Crippen LogP contribution in [0.25, 0.3) is 10.6 Å². The maximum Gasteiger partial charge on any atom is 0.414 e. The van der Waals surface area contributed by atoms with E-state index >= 15 is 0 Å². The number of carbonyl (C=O) groups is 1. The van der Waals surface area contributed by atoms with Crippen LogP contribution < -0.4 is 10.1 Å². The molecule has 0 aliphatic carbocycles. The molecule has 3 aromatic heterocycles. The summed E-state index contributed by atoms with van der Waals surface area (Å²) < 4.78 is 13.3. The fraction of sp³-hybridized carbons (Fsp3) is 0.500. The number of amides is 1. The van der Waals surface area contributed by atoms with Crippen molar-refractivity contribution in [2.75, 3.05) is 13.1 Å². The van der Waals surface area contributed by atoms with Gasteiger partial charge in [0.1, 0.15) is 17.3 Å². The standard InChI is InChI=1S/C24H29ClN6O3S/c1-4-5-19-18(13-26)23(33-24(32)27-16-8-10-30(11-9-16)15(2)3)31(28-19)14-17-12-20(34-29-17)21-6-7-22(25)35-21/h6-7,12,15-16H,4-5,8-11,14H2,1-3H3,(H,27,32). The summed E-state index contributed by atoms with van der Waals surface area (Å²) in [6.45, 7) is 8.40. The molecular formula is C24H29ClN6O3S. The SMILES string of the molecule is CCCc1nn(Cc2cc(-c3ccc(Cl)s3)on2)c(OC(=O)NC2CCN(C(C)C)CC2)c1C#N. The van der Waals surface area contributed by atoms with Gasteiger partial charge < -0.3 is 19.5 Å². The van der Waals surface area contributed by atoms with Crippen molar-refractivity contribution >= 4 is 29.0 Å². The predicted octanol–water partition coefficient (Wildman–Crippen LogP) is 5.09. The first kappa shape index (κ1) is 25.2. The van der Waals surface area contributed by atoms with Gasteiger partial charge in [-0.25, -0.2) is 9.48 Å². The van der Waals surface area contributed by atoms with Crippen LogP contribution in [-0.4, -0.2) is 51.1 Å². The molecule has 0 spiro atoms. The maximum atomic E-state index is 12.8. The van der Waals surface area contributed by atoms with Crippen molar-refractivity contribution in [2.24, 2.45) is 0 Å². The van der Waals surface area contributed by atoms with E-state index in [1.165, 1.54) is 16.0 Å². The number of thiophene rings is 1. The Morgan fingerprint density at radius 2 is 2.17 bits per heavy atom. The fourth-order valence-corrected chi connectivity index (χ4v) is 5.17. The molecule has 0 saturated carbocycles. The molecule has 1 fully saturated rings.